The molecule has 0 bridgehead atoms. The van der Waals surface area contributed by atoms with E-state index in [0.29, 0.717) is 11.5 Å². The number of carbonyl (C=O) groups excluding carboxylic acids is 1. The van der Waals surface area contributed by atoms with Crippen LogP contribution < -0.4 is 20.7 Å². The van der Waals surface area contributed by atoms with E-state index in [-0.39, 0.29) is 12.5 Å². The number of methoxy groups -OCH3 is 2. The van der Waals surface area contributed by atoms with E-state index in [0.717, 1.165) is 10.9 Å². The molecule has 0 unspecified atom stereocenters. The van der Waals surface area contributed by atoms with E-state index in [4.69, 9.17) is 15.3 Å². The zero-order valence-electron chi connectivity index (χ0n) is 10.3. The number of hydrogen-bond acceptors (Lipinski definition) is 4. The van der Waals surface area contributed by atoms with Crippen LogP contribution in [-0.2, 0) is 11.3 Å². The number of benzene rings is 1. The summed E-state index contributed by atoms with van der Waals surface area (Å²) in [6, 6.07) is 5.54. The molecular formula is C12H15N3O3. The highest BCUT2D eigenvalue weighted by atomic mass is 16.5. The number of fused-ring (bicyclic) bond motifs is 1. The lowest BCUT2D eigenvalue weighted by Gasteiger charge is -2.08. The summed E-state index contributed by atoms with van der Waals surface area (Å²) in [5.74, 6) is 6.19. The summed E-state index contributed by atoms with van der Waals surface area (Å²) < 4.78 is 12.3. The number of amides is 1. The van der Waals surface area contributed by atoms with E-state index in [1.54, 1.807) is 24.9 Å². The van der Waals surface area contributed by atoms with Gasteiger partial charge >= 0.3 is 0 Å². The number of carbonyl (C=O) groups is 1. The zero-order valence-corrected chi connectivity index (χ0v) is 10.3. The highest BCUT2D eigenvalue weighted by Gasteiger charge is 2.11. The summed E-state index contributed by atoms with van der Waals surface area (Å²) in [5.41, 5.74) is 2.96. The van der Waals surface area contributed by atoms with E-state index in [1.165, 1.54) is 0 Å². The van der Waals surface area contributed by atoms with Gasteiger partial charge in [0.15, 0.2) is 0 Å². The van der Waals surface area contributed by atoms with Crippen molar-refractivity contribution in [1.82, 2.24) is 9.99 Å². The van der Waals surface area contributed by atoms with Crippen molar-refractivity contribution >= 4 is 16.8 Å². The van der Waals surface area contributed by atoms with Crippen LogP contribution in [0.4, 0.5) is 0 Å². The van der Waals surface area contributed by atoms with Crippen molar-refractivity contribution < 1.29 is 14.3 Å². The first kappa shape index (κ1) is 12.3. The van der Waals surface area contributed by atoms with E-state index >= 15 is 0 Å². The average molecular weight is 249 g/mol. The number of nitrogens with one attached hydrogen (secondary N) is 1. The van der Waals surface area contributed by atoms with Crippen molar-refractivity contribution in [3.8, 4) is 11.5 Å². The standard InChI is InChI=1S/C12H15N3O3/c1-17-8-5-10-9(11(6-8)18-2)3-4-15(10)7-12(16)14-13/h3-6H,7,13H2,1-2H3,(H,14,16). The monoisotopic (exact) mass is 249 g/mol. The second-order valence-electron chi connectivity index (χ2n) is 3.77. The molecule has 6 heteroatoms. The number of hydrogen-bond donors (Lipinski definition) is 2. The maximum absolute atomic E-state index is 11.3. The Labute approximate surface area is 104 Å². The highest BCUT2D eigenvalue weighted by Crippen LogP contribution is 2.31. The van der Waals surface area contributed by atoms with Gasteiger partial charge in [0.1, 0.15) is 18.0 Å². The third kappa shape index (κ3) is 2.10. The lowest BCUT2D eigenvalue weighted by Crippen LogP contribution is -2.33. The van der Waals surface area contributed by atoms with Gasteiger partial charge in [0.2, 0.25) is 0 Å². The highest BCUT2D eigenvalue weighted by molar-refractivity contribution is 5.89. The molecule has 0 spiro atoms. The van der Waals surface area contributed by atoms with Crippen molar-refractivity contribution in [2.75, 3.05) is 14.2 Å². The molecule has 0 saturated carbocycles. The topological polar surface area (TPSA) is 78.5 Å². The van der Waals surface area contributed by atoms with Gasteiger partial charge in [0.25, 0.3) is 5.91 Å². The van der Waals surface area contributed by atoms with Crippen LogP contribution in [0.3, 0.4) is 0 Å². The summed E-state index contributed by atoms with van der Waals surface area (Å²) >= 11 is 0. The predicted molar refractivity (Wildman–Crippen MR) is 67.4 cm³/mol. The third-order valence-corrected chi connectivity index (χ3v) is 2.75. The summed E-state index contributed by atoms with van der Waals surface area (Å²) in [5, 5.41) is 0.920. The first-order valence-corrected chi connectivity index (χ1v) is 5.40. The smallest absolute Gasteiger partial charge is 0.253 e. The van der Waals surface area contributed by atoms with Crippen molar-refractivity contribution in [3.05, 3.63) is 24.4 Å². The van der Waals surface area contributed by atoms with Crippen LogP contribution in [0.1, 0.15) is 0 Å². The molecule has 0 aliphatic carbocycles. The molecule has 18 heavy (non-hydrogen) atoms. The normalized spacial score (nSPS) is 10.4. The van der Waals surface area contributed by atoms with Gasteiger partial charge in [-0.3, -0.25) is 10.2 Å². The Hall–Kier alpha value is -2.21. The Bertz CT molecular complexity index is 577. The van der Waals surface area contributed by atoms with Gasteiger partial charge in [-0.2, -0.15) is 0 Å². The molecular weight excluding hydrogens is 234 g/mol. The molecule has 0 atom stereocenters. The fourth-order valence-corrected chi connectivity index (χ4v) is 1.86. The van der Waals surface area contributed by atoms with Gasteiger partial charge in [-0.05, 0) is 6.07 Å². The molecule has 6 nitrogen and oxygen atoms in total. The number of hydrazine groups is 1. The van der Waals surface area contributed by atoms with Crippen LogP contribution in [0.5, 0.6) is 11.5 Å². The van der Waals surface area contributed by atoms with Crippen molar-refractivity contribution in [3.63, 3.8) is 0 Å². The molecule has 1 aromatic carbocycles. The van der Waals surface area contributed by atoms with E-state index < -0.39 is 0 Å². The lowest BCUT2D eigenvalue weighted by atomic mass is 10.2. The summed E-state index contributed by atoms with van der Waals surface area (Å²) in [7, 11) is 3.18. The quantitative estimate of drug-likeness (QED) is 0.473. The van der Waals surface area contributed by atoms with Crippen LogP contribution in [0.15, 0.2) is 24.4 Å². The zero-order chi connectivity index (χ0) is 13.1. The Kier molecular flexibility index (Phi) is 3.38. The Balaban J connectivity index is 2.53. The average Bonchev–Trinajstić information content (AvgIpc) is 2.80. The summed E-state index contributed by atoms with van der Waals surface area (Å²) in [6.45, 7) is 0.149. The van der Waals surface area contributed by atoms with Gasteiger partial charge in [-0.15, -0.1) is 0 Å². The molecule has 2 rings (SSSR count). The Morgan fingerprint density at radius 2 is 2.17 bits per heavy atom. The summed E-state index contributed by atoms with van der Waals surface area (Å²) in [6.07, 6.45) is 1.81. The van der Waals surface area contributed by atoms with Crippen molar-refractivity contribution in [2.45, 2.75) is 6.54 Å². The lowest BCUT2D eigenvalue weighted by molar-refractivity contribution is -0.121. The number of nitrogens with zero attached hydrogens (tertiary/aromatic N) is 1. The van der Waals surface area contributed by atoms with E-state index in [9.17, 15) is 4.79 Å². The SMILES string of the molecule is COc1cc(OC)c2ccn(CC(=O)NN)c2c1. The molecule has 1 aromatic heterocycles. The molecule has 0 aliphatic heterocycles. The first-order valence-electron chi connectivity index (χ1n) is 5.40. The molecule has 96 valence electrons. The number of aromatic nitrogens is 1. The van der Waals surface area contributed by atoms with Crippen LogP contribution in [-0.4, -0.2) is 24.7 Å². The minimum absolute atomic E-state index is 0.149. The van der Waals surface area contributed by atoms with Gasteiger partial charge in [-0.25, -0.2) is 5.84 Å². The molecule has 0 fully saturated rings. The molecule has 2 aromatic rings. The second kappa shape index (κ2) is 4.97. The minimum atomic E-state index is -0.269. The molecule has 0 aliphatic rings. The molecule has 3 N–H and O–H groups in total. The van der Waals surface area contributed by atoms with Gasteiger partial charge in [-0.1, -0.05) is 0 Å². The molecule has 1 amide bonds. The summed E-state index contributed by atoms with van der Waals surface area (Å²) in [4.78, 5) is 11.3. The maximum atomic E-state index is 11.3. The number of nitrogens with two attached hydrogens (primary N) is 1. The molecule has 0 radical (unpaired) electrons. The van der Waals surface area contributed by atoms with Crippen molar-refractivity contribution in [2.24, 2.45) is 5.84 Å². The Morgan fingerprint density at radius 1 is 1.39 bits per heavy atom. The van der Waals surface area contributed by atoms with Gasteiger partial charge < -0.3 is 14.0 Å². The van der Waals surface area contributed by atoms with Crippen molar-refractivity contribution in [1.29, 1.82) is 0 Å². The third-order valence-electron chi connectivity index (χ3n) is 2.75. The van der Waals surface area contributed by atoms with Crippen LogP contribution in [0.2, 0.25) is 0 Å². The minimum Gasteiger partial charge on any atom is -0.497 e. The maximum Gasteiger partial charge on any atom is 0.253 e. The van der Waals surface area contributed by atoms with Gasteiger partial charge in [0, 0.05) is 23.7 Å². The largest absolute Gasteiger partial charge is 0.497 e. The fraction of sp³-hybridized carbons (Fsp3) is 0.250. The number of ether oxygens (including phenoxy) is 2. The number of rotatable bonds is 4. The van der Waals surface area contributed by atoms with Crippen LogP contribution in [0, 0.1) is 0 Å². The predicted octanol–water partition coefficient (Wildman–Crippen LogP) is 0.648. The first-order chi connectivity index (χ1) is 8.69. The van der Waals surface area contributed by atoms with E-state index in [2.05, 4.69) is 5.43 Å². The van der Waals surface area contributed by atoms with E-state index in [1.807, 2.05) is 18.3 Å². The second-order valence-corrected chi connectivity index (χ2v) is 3.77. The van der Waals surface area contributed by atoms with Crippen LogP contribution in [0.25, 0.3) is 10.9 Å². The van der Waals surface area contributed by atoms with Crippen LogP contribution >= 0.6 is 0 Å². The van der Waals surface area contributed by atoms with Gasteiger partial charge in [0.05, 0.1) is 19.7 Å². The fourth-order valence-electron chi connectivity index (χ4n) is 1.86. The molecule has 1 heterocycles. The Morgan fingerprint density at radius 3 is 2.78 bits per heavy atom. The molecule has 0 saturated heterocycles.